The van der Waals surface area contributed by atoms with Crippen molar-refractivity contribution in [3.8, 4) is 0 Å². The monoisotopic (exact) mass is 450 g/mol. The number of halogens is 1. The molecule has 0 bridgehead atoms. The average Bonchev–Trinajstić information content (AvgIpc) is 2.63. The molecule has 1 aromatic rings. The smallest absolute Gasteiger partial charge is 0.331 e. The van der Waals surface area contributed by atoms with Crippen molar-refractivity contribution in [1.82, 2.24) is 5.01 Å². The Hall–Kier alpha value is -2.21. The lowest BCUT2D eigenvalue weighted by molar-refractivity contribution is -0.157. The van der Waals surface area contributed by atoms with Gasteiger partial charge in [0.15, 0.2) is 5.54 Å². The van der Waals surface area contributed by atoms with Crippen molar-refractivity contribution in [2.75, 3.05) is 18.7 Å². The maximum Gasteiger partial charge on any atom is 0.331 e. The van der Waals surface area contributed by atoms with Crippen molar-refractivity contribution in [1.29, 1.82) is 0 Å². The number of amides is 1. The van der Waals surface area contributed by atoms with E-state index in [9.17, 15) is 33.0 Å². The minimum absolute atomic E-state index is 0.0737. The molecular formula is C17H23ClN2O8S. The van der Waals surface area contributed by atoms with Crippen LogP contribution in [0.4, 0.5) is 0 Å². The van der Waals surface area contributed by atoms with Gasteiger partial charge in [-0.2, -0.15) is 8.42 Å². The van der Waals surface area contributed by atoms with E-state index in [4.69, 9.17) is 17.4 Å². The highest BCUT2D eigenvalue weighted by atomic mass is 35.5. The van der Waals surface area contributed by atoms with Gasteiger partial charge in [-0.3, -0.25) is 18.8 Å². The molecule has 0 aliphatic rings. The summed E-state index contributed by atoms with van der Waals surface area (Å²) in [6.07, 6.45) is -0.556. The number of hydrogen-bond acceptors (Lipinski definition) is 7. The largest absolute Gasteiger partial charge is 0.481 e. The molecule has 1 amide bonds. The van der Waals surface area contributed by atoms with Crippen LogP contribution in [0, 0.1) is 5.92 Å². The number of hydrazine groups is 1. The van der Waals surface area contributed by atoms with Crippen LogP contribution >= 0.6 is 11.6 Å². The second kappa shape index (κ2) is 10.5. The van der Waals surface area contributed by atoms with E-state index in [1.165, 1.54) is 12.1 Å². The second-order valence-corrected chi connectivity index (χ2v) is 8.34. The third-order valence-corrected chi connectivity index (χ3v) is 5.19. The Morgan fingerprint density at radius 2 is 1.83 bits per heavy atom. The number of carbonyl (C=O) groups excluding carboxylic acids is 1. The minimum atomic E-state index is -3.91. The first-order valence-corrected chi connectivity index (χ1v) is 10.8. The van der Waals surface area contributed by atoms with Gasteiger partial charge in [0.05, 0.1) is 19.3 Å². The maximum atomic E-state index is 12.8. The Bertz CT molecular complexity index is 833. The summed E-state index contributed by atoms with van der Waals surface area (Å²) in [7, 11) is -3.91. The van der Waals surface area contributed by atoms with E-state index in [2.05, 4.69) is 4.18 Å². The second-order valence-electron chi connectivity index (χ2n) is 6.32. The summed E-state index contributed by atoms with van der Waals surface area (Å²) in [5.41, 5.74) is -2.20. The van der Waals surface area contributed by atoms with Crippen LogP contribution in [0.1, 0.15) is 29.6 Å². The predicted molar refractivity (Wildman–Crippen MR) is 104 cm³/mol. The number of rotatable bonds is 12. The molecule has 162 valence electrons. The number of carboxylic acid groups (broad SMARTS) is 2. The molecule has 1 aromatic carbocycles. The van der Waals surface area contributed by atoms with Crippen molar-refractivity contribution in [2.24, 2.45) is 11.8 Å². The molecule has 10 nitrogen and oxygen atoms in total. The predicted octanol–water partition coefficient (Wildman–Crippen LogP) is 0.912. The summed E-state index contributed by atoms with van der Waals surface area (Å²) in [6, 6.07) is 7.56. The Balaban J connectivity index is 3.46. The summed E-state index contributed by atoms with van der Waals surface area (Å²) >= 11 is 5.74. The first-order valence-electron chi connectivity index (χ1n) is 8.45. The van der Waals surface area contributed by atoms with Crippen molar-refractivity contribution in [2.45, 2.75) is 24.8 Å². The van der Waals surface area contributed by atoms with Crippen molar-refractivity contribution >= 4 is 39.6 Å². The number of aliphatic carboxylic acids is 2. The lowest BCUT2D eigenvalue weighted by Crippen LogP contribution is -2.65. The van der Waals surface area contributed by atoms with Crippen LogP contribution in [0.5, 0.6) is 0 Å². The first kappa shape index (κ1) is 24.8. The number of alkyl halides is 1. The van der Waals surface area contributed by atoms with E-state index < -0.39 is 58.9 Å². The van der Waals surface area contributed by atoms with Crippen molar-refractivity contribution in [3.63, 3.8) is 0 Å². The molecule has 29 heavy (non-hydrogen) atoms. The zero-order chi connectivity index (χ0) is 22.2. The highest BCUT2D eigenvalue weighted by Crippen LogP contribution is 2.34. The molecule has 0 saturated carbocycles. The first-order chi connectivity index (χ1) is 13.5. The van der Waals surface area contributed by atoms with Gasteiger partial charge in [-0.15, -0.1) is 11.6 Å². The third-order valence-electron chi connectivity index (χ3n) is 4.37. The summed E-state index contributed by atoms with van der Waals surface area (Å²) in [6.45, 7) is -0.626. The number of nitrogens with two attached hydrogens (primary N) is 1. The van der Waals surface area contributed by atoms with E-state index in [1.54, 1.807) is 18.2 Å². The Morgan fingerprint density at radius 1 is 1.24 bits per heavy atom. The van der Waals surface area contributed by atoms with E-state index in [0.29, 0.717) is 5.01 Å². The van der Waals surface area contributed by atoms with Gasteiger partial charge in [-0.25, -0.2) is 10.6 Å². The number of benzene rings is 1. The van der Waals surface area contributed by atoms with Crippen LogP contribution in [-0.4, -0.2) is 65.8 Å². The van der Waals surface area contributed by atoms with Crippen LogP contribution in [0.3, 0.4) is 0 Å². The summed E-state index contributed by atoms with van der Waals surface area (Å²) in [4.78, 5) is 36.5. The van der Waals surface area contributed by atoms with Crippen LogP contribution in [0.25, 0.3) is 0 Å². The van der Waals surface area contributed by atoms with Gasteiger partial charge in [-0.05, 0) is 18.6 Å². The molecule has 0 fully saturated rings. The summed E-state index contributed by atoms with van der Waals surface area (Å²) in [5.74, 6) is 0.831. The Labute approximate surface area is 173 Å². The van der Waals surface area contributed by atoms with Crippen LogP contribution in [-0.2, 0) is 23.9 Å². The van der Waals surface area contributed by atoms with Gasteiger partial charge >= 0.3 is 11.9 Å². The summed E-state index contributed by atoms with van der Waals surface area (Å²) in [5, 5.41) is 19.7. The topological polar surface area (TPSA) is 164 Å². The third kappa shape index (κ3) is 6.67. The Kier molecular flexibility index (Phi) is 9.02. The quantitative estimate of drug-likeness (QED) is 0.138. The van der Waals surface area contributed by atoms with Crippen LogP contribution in [0.15, 0.2) is 30.3 Å². The van der Waals surface area contributed by atoms with Gasteiger partial charge in [-0.1, -0.05) is 18.2 Å². The van der Waals surface area contributed by atoms with E-state index >= 15 is 0 Å². The molecule has 0 aliphatic heterocycles. The van der Waals surface area contributed by atoms with Gasteiger partial charge in [0.2, 0.25) is 0 Å². The van der Waals surface area contributed by atoms with E-state index in [0.717, 1.165) is 6.26 Å². The fraction of sp³-hybridized carbons (Fsp3) is 0.471. The zero-order valence-corrected chi connectivity index (χ0v) is 17.2. The number of hydrogen-bond donors (Lipinski definition) is 3. The normalized spacial score (nSPS) is 14.6. The average molecular weight is 451 g/mol. The fourth-order valence-electron chi connectivity index (χ4n) is 3.01. The summed E-state index contributed by atoms with van der Waals surface area (Å²) < 4.78 is 27.2. The van der Waals surface area contributed by atoms with Gasteiger partial charge in [0.25, 0.3) is 16.0 Å². The fourth-order valence-corrected chi connectivity index (χ4v) is 3.66. The lowest BCUT2D eigenvalue weighted by atomic mass is 9.76. The molecular weight excluding hydrogens is 428 g/mol. The number of nitrogens with zero attached hydrogens (tertiary/aromatic N) is 1. The van der Waals surface area contributed by atoms with Crippen LogP contribution in [0.2, 0.25) is 0 Å². The molecule has 2 atom stereocenters. The van der Waals surface area contributed by atoms with Crippen molar-refractivity contribution in [3.05, 3.63) is 35.9 Å². The SMILES string of the molecule is CS(=O)(=O)OCC[C@@](C(=O)O)(C(CCCl)CC(=O)O)N(N)C(=O)c1ccccc1. The van der Waals surface area contributed by atoms with Gasteiger partial charge in [0, 0.05) is 23.8 Å². The van der Waals surface area contributed by atoms with Crippen molar-refractivity contribution < 1.29 is 37.2 Å². The van der Waals surface area contributed by atoms with E-state index in [-0.39, 0.29) is 17.9 Å². The van der Waals surface area contributed by atoms with Gasteiger partial charge in [0.1, 0.15) is 0 Å². The molecule has 0 aliphatic carbocycles. The van der Waals surface area contributed by atoms with E-state index in [1.807, 2.05) is 0 Å². The molecule has 0 radical (unpaired) electrons. The molecule has 0 saturated heterocycles. The van der Waals surface area contributed by atoms with Gasteiger partial charge < -0.3 is 10.2 Å². The lowest BCUT2D eigenvalue weighted by Gasteiger charge is -2.42. The maximum absolute atomic E-state index is 12.8. The van der Waals surface area contributed by atoms with Crippen LogP contribution < -0.4 is 5.84 Å². The molecule has 1 unspecified atom stereocenters. The Morgan fingerprint density at radius 3 is 2.28 bits per heavy atom. The number of carboxylic acids is 2. The molecule has 1 rings (SSSR count). The zero-order valence-electron chi connectivity index (χ0n) is 15.7. The minimum Gasteiger partial charge on any atom is -0.481 e. The molecule has 0 spiro atoms. The standard InChI is InChI=1S/C17H23ClN2O8S/c1-29(26,27)28-10-8-17(16(24)25,13(7-9-18)11-14(21)22)20(19)15(23)12-5-3-2-4-6-12/h2-6,13H,7-11,19H2,1H3,(H,21,22)(H,24,25)/t13?,17-/m0/s1. The molecule has 0 aromatic heterocycles. The highest BCUT2D eigenvalue weighted by molar-refractivity contribution is 7.85. The molecule has 0 heterocycles. The molecule has 4 N–H and O–H groups in total. The highest BCUT2D eigenvalue weighted by Gasteiger charge is 2.52. The molecule has 12 heteroatoms. The number of carbonyl (C=O) groups is 3.